The van der Waals surface area contributed by atoms with Crippen LogP contribution in [0.5, 0.6) is 11.5 Å². The maximum Gasteiger partial charge on any atom is 0.261 e. The average Bonchev–Trinajstić information content (AvgIpc) is 2.80. The van der Waals surface area contributed by atoms with Gasteiger partial charge in [-0.3, -0.25) is 9.59 Å². The summed E-state index contributed by atoms with van der Waals surface area (Å²) >= 11 is 0. The van der Waals surface area contributed by atoms with E-state index in [0.29, 0.717) is 18.0 Å². The van der Waals surface area contributed by atoms with Crippen molar-refractivity contribution < 1.29 is 19.1 Å². The van der Waals surface area contributed by atoms with Crippen LogP contribution in [0.4, 0.5) is 0 Å². The SMILES string of the molecule is COc1ccccc1OCC(=O)N1[C@@H]2CN(C(C)=O)[C@@H]3CCCC[C@H]1[C@]3(C)C2. The molecule has 0 radical (unpaired) electrons. The Hall–Kier alpha value is -2.24. The number of carbonyl (C=O) groups is 2. The molecule has 4 atom stereocenters. The maximum atomic E-state index is 13.2. The highest BCUT2D eigenvalue weighted by Gasteiger charge is 2.60. The lowest BCUT2D eigenvalue weighted by Gasteiger charge is -2.46. The Morgan fingerprint density at radius 2 is 1.82 bits per heavy atom. The second-order valence-electron chi connectivity index (χ2n) is 8.59. The Labute approximate surface area is 166 Å². The van der Waals surface area contributed by atoms with E-state index in [-0.39, 0.29) is 42.0 Å². The summed E-state index contributed by atoms with van der Waals surface area (Å²) in [6, 6.07) is 7.89. The summed E-state index contributed by atoms with van der Waals surface area (Å²) < 4.78 is 11.1. The Morgan fingerprint density at radius 1 is 1.14 bits per heavy atom. The zero-order chi connectivity index (χ0) is 19.9. The number of likely N-dealkylation sites (tertiary alicyclic amines) is 2. The Morgan fingerprint density at radius 3 is 2.50 bits per heavy atom. The molecule has 2 saturated heterocycles. The van der Waals surface area contributed by atoms with Gasteiger partial charge in [0.05, 0.1) is 13.2 Å². The van der Waals surface area contributed by atoms with Crippen LogP contribution in [0.25, 0.3) is 0 Å². The lowest BCUT2D eigenvalue weighted by Crippen LogP contribution is -2.55. The first-order valence-corrected chi connectivity index (χ1v) is 10.3. The summed E-state index contributed by atoms with van der Waals surface area (Å²) in [7, 11) is 1.59. The third-order valence-electron chi connectivity index (χ3n) is 7.03. The molecule has 6 nitrogen and oxygen atoms in total. The van der Waals surface area contributed by atoms with Crippen molar-refractivity contribution in [1.29, 1.82) is 0 Å². The molecule has 1 aromatic carbocycles. The molecule has 1 saturated carbocycles. The van der Waals surface area contributed by atoms with E-state index in [1.165, 1.54) is 0 Å². The zero-order valence-electron chi connectivity index (χ0n) is 17.0. The third-order valence-corrected chi connectivity index (χ3v) is 7.03. The smallest absolute Gasteiger partial charge is 0.261 e. The van der Waals surface area contributed by atoms with Crippen molar-refractivity contribution in [2.24, 2.45) is 5.41 Å². The van der Waals surface area contributed by atoms with E-state index in [2.05, 4.69) is 11.8 Å². The number of benzene rings is 1. The van der Waals surface area contributed by atoms with Crippen molar-refractivity contribution >= 4 is 11.8 Å². The van der Waals surface area contributed by atoms with Gasteiger partial charge in [0.1, 0.15) is 0 Å². The van der Waals surface area contributed by atoms with E-state index in [0.717, 1.165) is 32.1 Å². The van der Waals surface area contributed by atoms with E-state index < -0.39 is 0 Å². The highest BCUT2D eigenvalue weighted by atomic mass is 16.5. The number of ether oxygens (including phenoxy) is 2. The van der Waals surface area contributed by atoms with E-state index in [1.807, 2.05) is 29.2 Å². The number of nitrogens with zero attached hydrogens (tertiary/aromatic N) is 2. The number of methoxy groups -OCH3 is 1. The monoisotopic (exact) mass is 386 g/mol. The van der Waals surface area contributed by atoms with Crippen molar-refractivity contribution in [2.45, 2.75) is 64.1 Å². The van der Waals surface area contributed by atoms with Gasteiger partial charge in [0.2, 0.25) is 5.91 Å². The minimum Gasteiger partial charge on any atom is -0.493 e. The second-order valence-corrected chi connectivity index (χ2v) is 8.59. The van der Waals surface area contributed by atoms with Crippen LogP contribution in [0.15, 0.2) is 24.3 Å². The van der Waals surface area contributed by atoms with Crippen molar-refractivity contribution in [3.8, 4) is 11.5 Å². The largest absolute Gasteiger partial charge is 0.493 e. The summed E-state index contributed by atoms with van der Waals surface area (Å²) in [5.74, 6) is 1.34. The summed E-state index contributed by atoms with van der Waals surface area (Å²) in [4.78, 5) is 29.6. The lowest BCUT2D eigenvalue weighted by molar-refractivity contribution is -0.139. The molecule has 0 aromatic heterocycles. The third kappa shape index (κ3) is 3.03. The van der Waals surface area contributed by atoms with Crippen LogP contribution in [0.3, 0.4) is 0 Å². The highest BCUT2D eigenvalue weighted by molar-refractivity contribution is 5.80. The summed E-state index contributed by atoms with van der Waals surface area (Å²) in [6.07, 6.45) is 5.25. The Bertz CT molecular complexity index is 767. The summed E-state index contributed by atoms with van der Waals surface area (Å²) in [5.41, 5.74) is -0.0226. The lowest BCUT2D eigenvalue weighted by atomic mass is 9.71. The van der Waals surface area contributed by atoms with Crippen LogP contribution in [-0.4, -0.2) is 60.0 Å². The number of piperidine rings is 1. The number of hydrogen-bond donors (Lipinski definition) is 0. The minimum atomic E-state index is -0.0226. The van der Waals surface area contributed by atoms with Gasteiger partial charge in [0, 0.05) is 31.0 Å². The van der Waals surface area contributed by atoms with Crippen LogP contribution in [0.2, 0.25) is 0 Å². The van der Waals surface area contributed by atoms with E-state index >= 15 is 0 Å². The molecule has 3 aliphatic rings. The predicted molar refractivity (Wildman–Crippen MR) is 105 cm³/mol. The summed E-state index contributed by atoms with van der Waals surface area (Å²) in [6.45, 7) is 4.58. The molecule has 3 fully saturated rings. The molecule has 152 valence electrons. The molecular formula is C22H30N2O4. The molecule has 1 aliphatic carbocycles. The molecular weight excluding hydrogens is 356 g/mol. The first-order chi connectivity index (χ1) is 13.5. The van der Waals surface area contributed by atoms with Crippen molar-refractivity contribution in [2.75, 3.05) is 20.3 Å². The molecule has 6 heteroatoms. The van der Waals surface area contributed by atoms with E-state index in [9.17, 15) is 9.59 Å². The first-order valence-electron chi connectivity index (χ1n) is 10.3. The van der Waals surface area contributed by atoms with Crippen LogP contribution in [0, 0.1) is 5.41 Å². The van der Waals surface area contributed by atoms with Gasteiger partial charge in [0.15, 0.2) is 18.1 Å². The molecule has 2 aliphatic heterocycles. The topological polar surface area (TPSA) is 59.1 Å². The van der Waals surface area contributed by atoms with Crippen LogP contribution < -0.4 is 9.47 Å². The van der Waals surface area contributed by atoms with Gasteiger partial charge in [-0.2, -0.15) is 0 Å². The Kier molecular flexibility index (Phi) is 4.98. The van der Waals surface area contributed by atoms with Crippen molar-refractivity contribution in [3.05, 3.63) is 24.3 Å². The van der Waals surface area contributed by atoms with Gasteiger partial charge in [-0.1, -0.05) is 31.9 Å². The molecule has 0 unspecified atom stereocenters. The summed E-state index contributed by atoms with van der Waals surface area (Å²) in [5, 5.41) is 0. The van der Waals surface area contributed by atoms with Gasteiger partial charge in [0.25, 0.3) is 5.91 Å². The molecule has 4 rings (SSSR count). The molecule has 1 aromatic rings. The van der Waals surface area contributed by atoms with Crippen molar-refractivity contribution in [3.63, 3.8) is 0 Å². The minimum absolute atomic E-state index is 0.00576. The molecule has 2 heterocycles. The van der Waals surface area contributed by atoms with Crippen LogP contribution >= 0.6 is 0 Å². The number of fused-ring (bicyclic) bond motifs is 1. The number of hydrogen-bond acceptors (Lipinski definition) is 4. The van der Waals surface area contributed by atoms with Gasteiger partial charge < -0.3 is 19.3 Å². The van der Waals surface area contributed by atoms with Gasteiger partial charge >= 0.3 is 0 Å². The van der Waals surface area contributed by atoms with Gasteiger partial charge in [-0.05, 0) is 31.4 Å². The van der Waals surface area contributed by atoms with Crippen LogP contribution in [0.1, 0.15) is 46.0 Å². The normalized spacial score (nSPS) is 31.3. The molecule has 0 N–H and O–H groups in total. The second kappa shape index (κ2) is 7.30. The molecule has 2 amide bonds. The van der Waals surface area contributed by atoms with E-state index in [4.69, 9.17) is 9.47 Å². The standard InChI is InChI=1S/C22H30N2O4/c1-15(25)23-13-16-12-22(2)19(23)10-6-7-11-20(22)24(16)21(26)14-28-18-9-5-4-8-17(18)27-3/h4-5,8-9,16,19-20H,6-7,10-14H2,1-3H3/t16-,19+,20-,22+/m0/s1. The average molecular weight is 386 g/mol. The first kappa shape index (κ1) is 19.1. The molecule has 0 spiro atoms. The van der Waals surface area contributed by atoms with Gasteiger partial charge in [-0.15, -0.1) is 0 Å². The fraction of sp³-hybridized carbons (Fsp3) is 0.636. The fourth-order valence-electron chi connectivity index (χ4n) is 5.84. The fourth-order valence-corrected chi connectivity index (χ4v) is 5.84. The number of carbonyl (C=O) groups excluding carboxylic acids is 2. The highest BCUT2D eigenvalue weighted by Crippen LogP contribution is 2.53. The van der Waals surface area contributed by atoms with Crippen molar-refractivity contribution in [1.82, 2.24) is 9.80 Å². The van der Waals surface area contributed by atoms with Gasteiger partial charge in [-0.25, -0.2) is 0 Å². The van der Waals surface area contributed by atoms with Crippen LogP contribution in [-0.2, 0) is 9.59 Å². The Balaban J connectivity index is 1.56. The number of para-hydroxylation sites is 2. The molecule has 2 bridgehead atoms. The molecule has 28 heavy (non-hydrogen) atoms. The predicted octanol–water partition coefficient (Wildman–Crippen LogP) is 2.85. The number of rotatable bonds is 4. The maximum absolute atomic E-state index is 13.2. The quantitative estimate of drug-likeness (QED) is 0.798. The zero-order valence-corrected chi connectivity index (χ0v) is 17.0. The number of amides is 2. The van der Waals surface area contributed by atoms with E-state index in [1.54, 1.807) is 14.0 Å².